The lowest BCUT2D eigenvalue weighted by molar-refractivity contribution is -0.142. The van der Waals surface area contributed by atoms with Gasteiger partial charge in [0.15, 0.2) is 0 Å². The van der Waals surface area contributed by atoms with Crippen LogP contribution in [0.5, 0.6) is 11.5 Å². The van der Waals surface area contributed by atoms with Crippen LogP contribution in [0.25, 0.3) is 10.8 Å². The molecule has 0 radical (unpaired) electrons. The van der Waals surface area contributed by atoms with Crippen LogP contribution in [0.4, 0.5) is 9.18 Å². The first-order chi connectivity index (χ1) is 24.6. The topological polar surface area (TPSA) is 193 Å². The van der Waals surface area contributed by atoms with Crippen LogP contribution in [0, 0.1) is 17.8 Å². The average Bonchev–Trinajstić information content (AvgIpc) is 4.01. The molecule has 2 aromatic rings. The van der Waals surface area contributed by atoms with Crippen LogP contribution in [0.15, 0.2) is 36.5 Å². The standard InChI is InChI=1S/C35H43ClFN5O9S/c1-19-6-4-5-7-21-15-35(21,32(45)41-52(48,49)34(18-37)10-11-34)40-30(43)26-14-23(17-42(26)31(44)28(20(2)12-19)39-33(46)47)51-27-16-38-29(36)24-9-8-22(50-3)13-25(24)27/h5,7-9,13,16,19-21,23,26,28,39H,4,6,10-12,14-15,17-18H2,1-3H3,(H,40,43)(H,41,45)(H,46,47)/b7-5-/t19-,20-,21-,23-,26+,28+,35-/m1/s1. The number of allylic oxidation sites excluding steroid dienone is 1. The summed E-state index contributed by atoms with van der Waals surface area (Å²) in [6, 6.07) is 2.71. The maximum Gasteiger partial charge on any atom is 0.405 e. The fraction of sp³-hybridized carbons (Fsp3) is 0.571. The number of carbonyl (C=O) groups excluding carboxylic acids is 3. The third-order valence-electron chi connectivity index (χ3n) is 10.8. The zero-order chi connectivity index (χ0) is 37.6. The highest BCUT2D eigenvalue weighted by molar-refractivity contribution is 7.91. The molecular formula is C35H43ClFN5O9S. The molecule has 3 fully saturated rings. The molecule has 52 heavy (non-hydrogen) atoms. The largest absolute Gasteiger partial charge is 0.497 e. The number of fused-ring (bicyclic) bond motifs is 3. The van der Waals surface area contributed by atoms with Crippen molar-refractivity contribution >= 4 is 56.2 Å². The number of hydrogen-bond donors (Lipinski definition) is 4. The second-order valence-electron chi connectivity index (χ2n) is 14.6. The Bertz CT molecular complexity index is 1910. The van der Waals surface area contributed by atoms with Gasteiger partial charge in [-0.3, -0.25) is 19.1 Å². The first-order valence-electron chi connectivity index (χ1n) is 17.3. The van der Waals surface area contributed by atoms with Gasteiger partial charge < -0.3 is 30.1 Å². The van der Waals surface area contributed by atoms with Gasteiger partial charge in [-0.25, -0.2) is 22.6 Å². The quantitative estimate of drug-likeness (QED) is 0.228. The van der Waals surface area contributed by atoms with Gasteiger partial charge in [-0.1, -0.05) is 37.6 Å². The molecule has 4 aliphatic rings. The zero-order valence-electron chi connectivity index (χ0n) is 29.1. The smallest absolute Gasteiger partial charge is 0.405 e. The Morgan fingerprint density at radius 1 is 1.19 bits per heavy atom. The van der Waals surface area contributed by atoms with Gasteiger partial charge in [0.25, 0.3) is 5.91 Å². The van der Waals surface area contributed by atoms with E-state index in [9.17, 15) is 37.1 Å². The van der Waals surface area contributed by atoms with Crippen molar-refractivity contribution in [2.75, 3.05) is 20.3 Å². The van der Waals surface area contributed by atoms with E-state index in [1.807, 2.05) is 17.7 Å². The van der Waals surface area contributed by atoms with E-state index in [1.54, 1.807) is 31.2 Å². The number of ether oxygens (including phenoxy) is 2. The molecule has 4 amide bonds. The van der Waals surface area contributed by atoms with Crippen LogP contribution in [0.3, 0.4) is 0 Å². The van der Waals surface area contributed by atoms with E-state index in [0.29, 0.717) is 41.5 Å². The minimum atomic E-state index is -4.39. The first kappa shape index (κ1) is 37.6. The Kier molecular flexibility index (Phi) is 10.4. The summed E-state index contributed by atoms with van der Waals surface area (Å²) in [6.45, 7) is 2.50. The van der Waals surface area contributed by atoms with Crippen molar-refractivity contribution in [2.24, 2.45) is 17.8 Å². The number of sulfonamides is 1. The van der Waals surface area contributed by atoms with Gasteiger partial charge in [0, 0.05) is 23.1 Å². The van der Waals surface area contributed by atoms with E-state index >= 15 is 0 Å². The number of benzene rings is 1. The monoisotopic (exact) mass is 763 g/mol. The first-order valence-corrected chi connectivity index (χ1v) is 19.2. The molecule has 0 unspecified atom stereocenters. The zero-order valence-corrected chi connectivity index (χ0v) is 30.6. The summed E-state index contributed by atoms with van der Waals surface area (Å²) in [5, 5.41) is 16.2. The Labute approximate surface area is 305 Å². The Balaban J connectivity index is 1.35. The van der Waals surface area contributed by atoms with E-state index in [2.05, 4.69) is 15.6 Å². The molecule has 17 heteroatoms. The summed E-state index contributed by atoms with van der Waals surface area (Å²) >= 11 is 6.36. The lowest BCUT2D eigenvalue weighted by Gasteiger charge is -2.32. The van der Waals surface area contributed by atoms with Crippen LogP contribution < -0.4 is 24.8 Å². The number of halogens is 2. The average molecular weight is 764 g/mol. The predicted molar refractivity (Wildman–Crippen MR) is 188 cm³/mol. The van der Waals surface area contributed by atoms with Gasteiger partial charge in [0.05, 0.1) is 19.9 Å². The summed E-state index contributed by atoms with van der Waals surface area (Å²) in [6.07, 6.45) is 4.82. The number of carbonyl (C=O) groups is 4. The van der Waals surface area contributed by atoms with Gasteiger partial charge in [-0.2, -0.15) is 0 Å². The lowest BCUT2D eigenvalue weighted by Crippen LogP contribution is -2.59. The van der Waals surface area contributed by atoms with E-state index < -0.39 is 80.8 Å². The number of hydrogen-bond acceptors (Lipinski definition) is 9. The lowest BCUT2D eigenvalue weighted by atomic mass is 9.88. The molecule has 14 nitrogen and oxygen atoms in total. The molecule has 2 aliphatic heterocycles. The van der Waals surface area contributed by atoms with E-state index in [4.69, 9.17) is 21.1 Å². The molecule has 2 aliphatic carbocycles. The number of carboxylic acid groups (broad SMARTS) is 1. The van der Waals surface area contributed by atoms with Gasteiger partial charge in [0.1, 0.15) is 51.8 Å². The van der Waals surface area contributed by atoms with Crippen molar-refractivity contribution in [1.29, 1.82) is 0 Å². The molecule has 4 N–H and O–H groups in total. The third-order valence-corrected chi connectivity index (χ3v) is 13.3. The number of nitrogens with one attached hydrogen (secondary N) is 3. The van der Waals surface area contributed by atoms with E-state index in [-0.39, 0.29) is 43.3 Å². The minimum Gasteiger partial charge on any atom is -0.497 e. The minimum absolute atomic E-state index is 0.0578. The summed E-state index contributed by atoms with van der Waals surface area (Å²) in [5.41, 5.74) is -1.68. The number of nitrogens with zero attached hydrogens (tertiary/aromatic N) is 2. The SMILES string of the molecule is COc1ccc2c(Cl)ncc(O[C@@H]3C[C@H]4C(=O)N[C@]5(C(=O)NS(=O)(=O)C6(CF)CC6)C[C@H]5/C=C\CC[C@@H](C)C[C@@H](C)[C@H](NC(=O)O)C(=O)N4C3)c2c1. The Hall–Kier alpha value is -4.18. The van der Waals surface area contributed by atoms with Crippen LogP contribution >= 0.6 is 11.6 Å². The molecule has 0 spiro atoms. The van der Waals surface area contributed by atoms with Crippen LogP contribution in [0.2, 0.25) is 5.15 Å². The summed E-state index contributed by atoms with van der Waals surface area (Å²) in [4.78, 5) is 59.9. The molecule has 1 aromatic heterocycles. The Morgan fingerprint density at radius 3 is 2.62 bits per heavy atom. The number of rotatable bonds is 8. The summed E-state index contributed by atoms with van der Waals surface area (Å²) < 4.78 is 52.1. The summed E-state index contributed by atoms with van der Waals surface area (Å²) in [7, 11) is -2.88. The third kappa shape index (κ3) is 7.23. The number of aromatic nitrogens is 1. The number of amides is 4. The van der Waals surface area contributed by atoms with Crippen molar-refractivity contribution in [3.63, 3.8) is 0 Å². The molecular weight excluding hydrogens is 721 g/mol. The maximum absolute atomic E-state index is 14.4. The number of pyridine rings is 1. The summed E-state index contributed by atoms with van der Waals surface area (Å²) in [5.74, 6) is -2.48. The highest BCUT2D eigenvalue weighted by Crippen LogP contribution is 2.48. The van der Waals surface area contributed by atoms with Gasteiger partial charge >= 0.3 is 6.09 Å². The normalized spacial score (nSPS) is 30.8. The van der Waals surface area contributed by atoms with Gasteiger partial charge in [0.2, 0.25) is 21.8 Å². The molecule has 3 heterocycles. The fourth-order valence-corrected chi connectivity index (χ4v) is 9.09. The molecule has 6 rings (SSSR count). The van der Waals surface area contributed by atoms with Gasteiger partial charge in [-0.05, 0) is 68.6 Å². The molecule has 0 bridgehead atoms. The second kappa shape index (κ2) is 14.3. The maximum atomic E-state index is 14.4. The number of alkyl halides is 1. The molecule has 1 aromatic carbocycles. The van der Waals surface area contributed by atoms with E-state index in [0.717, 1.165) is 0 Å². The molecule has 7 atom stereocenters. The van der Waals surface area contributed by atoms with Gasteiger partial charge in [-0.15, -0.1) is 0 Å². The highest BCUT2D eigenvalue weighted by Gasteiger charge is 2.64. The molecule has 282 valence electrons. The van der Waals surface area contributed by atoms with Crippen molar-refractivity contribution in [1.82, 2.24) is 25.2 Å². The van der Waals surface area contributed by atoms with E-state index in [1.165, 1.54) is 18.2 Å². The van der Waals surface area contributed by atoms with Crippen molar-refractivity contribution < 1.29 is 46.6 Å². The van der Waals surface area contributed by atoms with Crippen molar-refractivity contribution in [3.05, 3.63) is 41.7 Å². The van der Waals surface area contributed by atoms with Crippen molar-refractivity contribution in [2.45, 2.75) is 87.3 Å². The van der Waals surface area contributed by atoms with Crippen LogP contribution in [-0.4, -0.2) is 96.0 Å². The van der Waals surface area contributed by atoms with Crippen LogP contribution in [-0.2, 0) is 24.4 Å². The number of methoxy groups -OCH3 is 1. The van der Waals surface area contributed by atoms with Crippen molar-refractivity contribution in [3.8, 4) is 11.5 Å². The predicted octanol–water partition coefficient (Wildman–Crippen LogP) is 3.72. The Morgan fingerprint density at radius 2 is 1.94 bits per heavy atom. The van der Waals surface area contributed by atoms with Crippen LogP contribution in [0.1, 0.15) is 58.8 Å². The fourth-order valence-electron chi connectivity index (χ4n) is 7.45. The molecule has 2 saturated carbocycles. The molecule has 1 saturated heterocycles. The second-order valence-corrected chi connectivity index (χ2v) is 17.0. The highest BCUT2D eigenvalue weighted by atomic mass is 35.5.